The quantitative estimate of drug-likeness (QED) is 0.143. The van der Waals surface area contributed by atoms with E-state index in [1.54, 1.807) is 0 Å². The number of hydrogen-bond acceptors (Lipinski definition) is 6. The van der Waals surface area contributed by atoms with Gasteiger partial charge in [-0.15, -0.1) is 0 Å². The fourth-order valence-corrected chi connectivity index (χ4v) is 3.30. The van der Waals surface area contributed by atoms with Crippen molar-refractivity contribution >= 4 is 17.7 Å². The predicted molar refractivity (Wildman–Crippen MR) is 106 cm³/mol. The maximum absolute atomic E-state index is 12.5. The first kappa shape index (κ1) is 36.4. The van der Waals surface area contributed by atoms with E-state index >= 15 is 0 Å². The third-order valence-corrected chi connectivity index (χ3v) is 5.09. The fraction of sp³-hybridized carbons (Fsp3) is 0.864. The van der Waals surface area contributed by atoms with Gasteiger partial charge in [0.2, 0.25) is 0 Å². The number of rotatable bonds is 20. The van der Waals surface area contributed by atoms with Crippen molar-refractivity contribution < 1.29 is 127 Å². The van der Waals surface area contributed by atoms with Crippen molar-refractivity contribution in [1.82, 2.24) is 5.32 Å². The molecule has 0 fully saturated rings. The summed E-state index contributed by atoms with van der Waals surface area (Å²) >= 11 is 0. The van der Waals surface area contributed by atoms with Crippen LogP contribution in [0.15, 0.2) is 0 Å². The average Bonchev–Trinajstić information content (AvgIpc) is 2.65. The van der Waals surface area contributed by atoms with Crippen LogP contribution in [0.3, 0.4) is 0 Å². The SMILES string of the molecule is CCCCCCCCCCCC(=O)C(CCCC)NC(CCC(=O)[O-])C(=O)[O-].[K+].[K+]. The molecule has 0 aliphatic heterocycles. The molecule has 0 saturated heterocycles. The van der Waals surface area contributed by atoms with E-state index in [1.165, 1.54) is 38.5 Å². The van der Waals surface area contributed by atoms with Gasteiger partial charge in [0.05, 0.1) is 12.0 Å². The minimum atomic E-state index is -1.38. The summed E-state index contributed by atoms with van der Waals surface area (Å²) in [6.07, 6.45) is 12.7. The molecule has 2 unspecified atom stereocenters. The first-order valence-corrected chi connectivity index (χ1v) is 11.1. The first-order chi connectivity index (χ1) is 13.4. The van der Waals surface area contributed by atoms with E-state index in [0.717, 1.165) is 32.1 Å². The normalized spacial score (nSPS) is 12.3. The zero-order chi connectivity index (χ0) is 21.2. The van der Waals surface area contributed by atoms with Gasteiger partial charge in [-0.05, 0) is 25.7 Å². The number of carboxylic acids is 2. The van der Waals surface area contributed by atoms with E-state index < -0.39 is 24.0 Å². The molecule has 0 radical (unpaired) electrons. The Morgan fingerprint density at radius 1 is 0.667 bits per heavy atom. The van der Waals surface area contributed by atoms with Crippen molar-refractivity contribution in [1.29, 1.82) is 0 Å². The number of carboxylic acid groups (broad SMARTS) is 2. The number of Topliss-reactive ketones (excluding diaryl/α,β-unsaturated/α-hetero) is 1. The third-order valence-electron chi connectivity index (χ3n) is 5.09. The largest absolute Gasteiger partial charge is 1.00 e. The Morgan fingerprint density at radius 2 is 1.17 bits per heavy atom. The minimum absolute atomic E-state index is 0. The molecule has 0 amide bonds. The maximum Gasteiger partial charge on any atom is 1.00 e. The predicted octanol–water partition coefficient (Wildman–Crippen LogP) is -3.72. The standard InChI is InChI=1S/C22H41NO5.2K/c1-3-5-7-8-9-10-11-12-13-15-20(24)18(14-6-4-2)23-19(22(27)28)16-17-21(25)26;;/h18-19,23H,3-17H2,1-2H3,(H,25,26)(H,27,28);;/q;2*+1/p-2. The van der Waals surface area contributed by atoms with Crippen molar-refractivity contribution in [3.05, 3.63) is 0 Å². The van der Waals surface area contributed by atoms with Gasteiger partial charge in [-0.1, -0.05) is 78.1 Å². The van der Waals surface area contributed by atoms with Crippen molar-refractivity contribution in [2.75, 3.05) is 0 Å². The molecule has 164 valence electrons. The number of carbonyl (C=O) groups is 3. The van der Waals surface area contributed by atoms with Crippen LogP contribution in [0.4, 0.5) is 0 Å². The monoisotopic (exact) mass is 475 g/mol. The van der Waals surface area contributed by atoms with E-state index in [-0.39, 0.29) is 121 Å². The molecule has 6 nitrogen and oxygen atoms in total. The van der Waals surface area contributed by atoms with Crippen LogP contribution in [-0.4, -0.2) is 29.8 Å². The molecule has 0 saturated carbocycles. The van der Waals surface area contributed by atoms with E-state index in [0.29, 0.717) is 12.8 Å². The van der Waals surface area contributed by atoms with Crippen LogP contribution in [-0.2, 0) is 14.4 Å². The molecular weight excluding hydrogens is 436 g/mol. The number of carbonyl (C=O) groups excluding carboxylic acids is 3. The summed E-state index contributed by atoms with van der Waals surface area (Å²) in [4.78, 5) is 34.4. The summed E-state index contributed by atoms with van der Waals surface area (Å²) in [5.41, 5.74) is 0. The van der Waals surface area contributed by atoms with Crippen LogP contribution in [0.2, 0.25) is 0 Å². The summed E-state index contributed by atoms with van der Waals surface area (Å²) in [5.74, 6) is -2.67. The molecule has 0 aliphatic rings. The summed E-state index contributed by atoms with van der Waals surface area (Å²) in [6.45, 7) is 4.21. The smallest absolute Gasteiger partial charge is 0.550 e. The second kappa shape index (κ2) is 25.5. The molecule has 8 heteroatoms. The Kier molecular flexibility index (Phi) is 30.9. The molecule has 0 bridgehead atoms. The first-order valence-electron chi connectivity index (χ1n) is 11.1. The van der Waals surface area contributed by atoms with Gasteiger partial charge in [-0.2, -0.15) is 0 Å². The molecule has 1 N–H and O–H groups in total. The summed E-state index contributed by atoms with van der Waals surface area (Å²) in [5, 5.41) is 24.7. The van der Waals surface area contributed by atoms with Gasteiger partial charge in [0, 0.05) is 18.4 Å². The van der Waals surface area contributed by atoms with Crippen molar-refractivity contribution in [2.24, 2.45) is 0 Å². The topological polar surface area (TPSA) is 109 Å². The Bertz CT molecular complexity index is 449. The van der Waals surface area contributed by atoms with Crippen molar-refractivity contribution in [3.63, 3.8) is 0 Å². The fourth-order valence-electron chi connectivity index (χ4n) is 3.30. The molecular formula is C22H39K2NO5. The van der Waals surface area contributed by atoms with Gasteiger partial charge in [0.25, 0.3) is 0 Å². The molecule has 0 heterocycles. The molecule has 0 rings (SSSR count). The molecule has 0 aromatic carbocycles. The van der Waals surface area contributed by atoms with Crippen molar-refractivity contribution in [2.45, 2.75) is 122 Å². The summed E-state index contributed by atoms with van der Waals surface area (Å²) in [7, 11) is 0. The third kappa shape index (κ3) is 21.7. The average molecular weight is 476 g/mol. The van der Waals surface area contributed by atoms with Crippen LogP contribution in [0.5, 0.6) is 0 Å². The number of ketones is 1. The van der Waals surface area contributed by atoms with Gasteiger partial charge in [-0.3, -0.25) is 10.1 Å². The van der Waals surface area contributed by atoms with E-state index in [4.69, 9.17) is 0 Å². The Morgan fingerprint density at radius 3 is 1.63 bits per heavy atom. The van der Waals surface area contributed by atoms with E-state index in [2.05, 4.69) is 12.2 Å². The Hall–Kier alpha value is 1.84. The van der Waals surface area contributed by atoms with Gasteiger partial charge in [-0.25, -0.2) is 0 Å². The Labute approximate surface area is 268 Å². The van der Waals surface area contributed by atoms with Crippen LogP contribution in [0.1, 0.15) is 110 Å². The van der Waals surface area contributed by atoms with E-state index in [1.807, 2.05) is 6.92 Å². The second-order valence-corrected chi connectivity index (χ2v) is 7.69. The van der Waals surface area contributed by atoms with Crippen LogP contribution >= 0.6 is 0 Å². The number of nitrogens with one attached hydrogen (secondary N) is 1. The second-order valence-electron chi connectivity index (χ2n) is 7.69. The van der Waals surface area contributed by atoms with Crippen LogP contribution in [0.25, 0.3) is 0 Å². The zero-order valence-corrected chi connectivity index (χ0v) is 26.0. The number of unbranched alkanes of at least 4 members (excludes halogenated alkanes) is 9. The molecule has 0 aliphatic carbocycles. The molecule has 30 heavy (non-hydrogen) atoms. The van der Waals surface area contributed by atoms with Crippen LogP contribution < -0.4 is 118 Å². The summed E-state index contributed by atoms with van der Waals surface area (Å²) < 4.78 is 0. The molecule has 0 aromatic rings. The van der Waals surface area contributed by atoms with E-state index in [9.17, 15) is 24.6 Å². The van der Waals surface area contributed by atoms with Gasteiger partial charge < -0.3 is 19.8 Å². The van der Waals surface area contributed by atoms with Gasteiger partial charge in [0.15, 0.2) is 0 Å². The van der Waals surface area contributed by atoms with Gasteiger partial charge in [0.1, 0.15) is 5.78 Å². The minimum Gasteiger partial charge on any atom is -0.550 e. The van der Waals surface area contributed by atoms with Gasteiger partial charge >= 0.3 is 103 Å². The number of hydrogen-bond donors (Lipinski definition) is 1. The molecule has 2 atom stereocenters. The zero-order valence-electron chi connectivity index (χ0n) is 19.8. The molecule has 0 spiro atoms. The number of aliphatic carboxylic acids is 2. The molecule has 0 aromatic heterocycles. The van der Waals surface area contributed by atoms with Crippen LogP contribution in [0, 0.1) is 0 Å². The summed E-state index contributed by atoms with van der Waals surface area (Å²) in [6, 6.07) is -1.70. The Balaban J connectivity index is -0.00000364. The van der Waals surface area contributed by atoms with Crippen molar-refractivity contribution in [3.8, 4) is 0 Å². The maximum atomic E-state index is 12.5.